The van der Waals surface area contributed by atoms with Gasteiger partial charge in [-0.05, 0) is 54.3 Å². The first kappa shape index (κ1) is 24.9. The lowest BCUT2D eigenvalue weighted by Crippen LogP contribution is -2.40. The molecule has 186 valence electrons. The number of carboxylic acids is 1. The monoisotopic (exact) mass is 493 g/mol. The van der Waals surface area contributed by atoms with Crippen LogP contribution in [0.1, 0.15) is 28.8 Å². The van der Waals surface area contributed by atoms with Crippen LogP contribution in [0.15, 0.2) is 73.3 Å². The molecule has 3 aromatic carbocycles. The molecule has 36 heavy (non-hydrogen) atoms. The van der Waals surface area contributed by atoms with Crippen LogP contribution in [0.2, 0.25) is 0 Å². The second kappa shape index (κ2) is 11.0. The van der Waals surface area contributed by atoms with Crippen LogP contribution >= 0.6 is 0 Å². The minimum absolute atomic E-state index is 0.148. The van der Waals surface area contributed by atoms with Gasteiger partial charge < -0.3 is 19.5 Å². The van der Waals surface area contributed by atoms with E-state index in [2.05, 4.69) is 6.58 Å². The minimum atomic E-state index is -0.998. The van der Waals surface area contributed by atoms with Crippen LogP contribution in [0.25, 0.3) is 11.1 Å². The fourth-order valence-corrected chi connectivity index (χ4v) is 4.15. The van der Waals surface area contributed by atoms with E-state index in [1.807, 2.05) is 6.07 Å². The number of nitrogens with zero attached hydrogens (tertiary/aromatic N) is 1. The molecule has 1 aliphatic heterocycles. The third kappa shape index (κ3) is 5.54. The summed E-state index contributed by atoms with van der Waals surface area (Å²) in [6.45, 7) is 4.31. The zero-order valence-electron chi connectivity index (χ0n) is 19.5. The first-order chi connectivity index (χ1) is 17.4. The zero-order chi connectivity index (χ0) is 25.7. The Bertz CT molecular complexity index is 1280. The van der Waals surface area contributed by atoms with Crippen LogP contribution in [0.5, 0.6) is 11.5 Å². The number of rotatable bonds is 9. The van der Waals surface area contributed by atoms with Crippen molar-refractivity contribution >= 4 is 11.9 Å². The Morgan fingerprint density at radius 3 is 2.53 bits per heavy atom. The van der Waals surface area contributed by atoms with Crippen molar-refractivity contribution in [3.8, 4) is 22.6 Å². The molecule has 1 atom stereocenters. The number of likely N-dealkylation sites (tertiary alicyclic amines) is 1. The van der Waals surface area contributed by atoms with Crippen molar-refractivity contribution in [2.75, 3.05) is 13.2 Å². The van der Waals surface area contributed by atoms with Crippen molar-refractivity contribution in [1.29, 1.82) is 0 Å². The van der Waals surface area contributed by atoms with Crippen molar-refractivity contribution in [3.63, 3.8) is 0 Å². The average Bonchev–Trinajstić information content (AvgIpc) is 3.38. The Morgan fingerprint density at radius 2 is 1.81 bits per heavy atom. The molecule has 0 radical (unpaired) electrons. The molecule has 4 rings (SSSR count). The summed E-state index contributed by atoms with van der Waals surface area (Å²) in [6, 6.07) is 15.0. The lowest BCUT2D eigenvalue weighted by Gasteiger charge is -2.21. The molecule has 1 aliphatic rings. The van der Waals surface area contributed by atoms with Gasteiger partial charge in [-0.25, -0.2) is 13.6 Å². The van der Waals surface area contributed by atoms with Gasteiger partial charge in [0.25, 0.3) is 5.91 Å². The van der Waals surface area contributed by atoms with Gasteiger partial charge in [-0.2, -0.15) is 0 Å². The summed E-state index contributed by atoms with van der Waals surface area (Å²) < 4.78 is 38.9. The summed E-state index contributed by atoms with van der Waals surface area (Å²) in [5.74, 6) is -2.54. The molecule has 1 amide bonds. The quantitative estimate of drug-likeness (QED) is 0.401. The summed E-state index contributed by atoms with van der Waals surface area (Å²) in [6.07, 6.45) is 2.63. The number of hydrogen-bond donors (Lipinski definition) is 1. The van der Waals surface area contributed by atoms with E-state index >= 15 is 0 Å². The molecule has 1 N–H and O–H groups in total. The molecular formula is C28H25F2NO5. The highest BCUT2D eigenvalue weighted by Gasteiger charge is 2.34. The van der Waals surface area contributed by atoms with Gasteiger partial charge in [-0.15, -0.1) is 0 Å². The number of benzene rings is 3. The van der Waals surface area contributed by atoms with Gasteiger partial charge in [0.1, 0.15) is 30.8 Å². The molecule has 0 unspecified atom stereocenters. The average molecular weight is 494 g/mol. The van der Waals surface area contributed by atoms with Gasteiger partial charge in [-0.3, -0.25) is 4.79 Å². The topological polar surface area (TPSA) is 76.1 Å². The number of ether oxygens (including phenoxy) is 2. The van der Waals surface area contributed by atoms with E-state index < -0.39 is 23.6 Å². The van der Waals surface area contributed by atoms with Gasteiger partial charge in [-0.1, -0.05) is 36.9 Å². The molecule has 6 nitrogen and oxygen atoms in total. The highest BCUT2D eigenvalue weighted by Crippen LogP contribution is 2.33. The van der Waals surface area contributed by atoms with Crippen molar-refractivity contribution in [2.24, 2.45) is 0 Å². The smallest absolute Gasteiger partial charge is 0.326 e. The molecule has 3 aromatic rings. The minimum Gasteiger partial charge on any atom is -0.489 e. The van der Waals surface area contributed by atoms with Gasteiger partial charge >= 0.3 is 5.97 Å². The first-order valence-corrected chi connectivity index (χ1v) is 11.5. The number of aliphatic carboxylic acids is 1. The molecule has 1 fully saturated rings. The predicted molar refractivity (Wildman–Crippen MR) is 130 cm³/mol. The van der Waals surface area contributed by atoms with Gasteiger partial charge in [0.2, 0.25) is 0 Å². The van der Waals surface area contributed by atoms with Crippen LogP contribution in [0, 0.1) is 11.6 Å². The largest absolute Gasteiger partial charge is 0.489 e. The van der Waals surface area contributed by atoms with E-state index in [1.165, 1.54) is 11.0 Å². The van der Waals surface area contributed by atoms with E-state index in [0.717, 1.165) is 17.7 Å². The maximum absolute atomic E-state index is 13.9. The molecule has 1 heterocycles. The van der Waals surface area contributed by atoms with Crippen LogP contribution < -0.4 is 9.47 Å². The van der Waals surface area contributed by atoms with Crippen molar-refractivity contribution in [2.45, 2.75) is 25.5 Å². The van der Waals surface area contributed by atoms with Crippen molar-refractivity contribution < 1.29 is 33.0 Å². The summed E-state index contributed by atoms with van der Waals surface area (Å²) >= 11 is 0. The third-order valence-corrected chi connectivity index (χ3v) is 5.92. The number of carbonyl (C=O) groups excluding carboxylic acids is 1. The third-order valence-electron chi connectivity index (χ3n) is 5.92. The van der Waals surface area contributed by atoms with Gasteiger partial charge in [0.05, 0.1) is 0 Å². The summed E-state index contributed by atoms with van der Waals surface area (Å²) in [4.78, 5) is 25.7. The van der Waals surface area contributed by atoms with E-state index in [9.17, 15) is 23.5 Å². The summed E-state index contributed by atoms with van der Waals surface area (Å²) in [5.41, 5.74) is 2.17. The Labute approximate surface area is 207 Å². The second-order valence-electron chi connectivity index (χ2n) is 8.37. The Hall–Kier alpha value is -4.20. The first-order valence-electron chi connectivity index (χ1n) is 11.5. The highest BCUT2D eigenvalue weighted by molar-refractivity contribution is 5.97. The number of amides is 1. The Balaban J connectivity index is 1.45. The molecule has 0 spiro atoms. The molecule has 0 bridgehead atoms. The zero-order valence-corrected chi connectivity index (χ0v) is 19.5. The Morgan fingerprint density at radius 1 is 1.06 bits per heavy atom. The van der Waals surface area contributed by atoms with E-state index in [-0.39, 0.29) is 24.9 Å². The standard InChI is InChI=1S/C28H25F2NO5/c1-2-13-35-26-16-24(30)23(29)15-22(26)19-8-10-21(11-9-19)36-17-18-5-3-6-20(14-18)27(32)31-12-4-7-25(31)28(33)34/h2-3,5-6,8-11,14-16,25H,1,4,7,12-13,17H2,(H,33,34)/t25-/m0/s1. The molecule has 8 heteroatoms. The number of carbonyl (C=O) groups is 2. The van der Waals surface area contributed by atoms with Crippen molar-refractivity contribution in [1.82, 2.24) is 4.90 Å². The van der Waals surface area contributed by atoms with E-state index in [1.54, 1.807) is 42.5 Å². The van der Waals surface area contributed by atoms with Gasteiger partial charge in [0.15, 0.2) is 11.6 Å². The molecule has 0 aliphatic carbocycles. The van der Waals surface area contributed by atoms with Gasteiger partial charge in [0, 0.05) is 23.7 Å². The van der Waals surface area contributed by atoms with E-state index in [0.29, 0.717) is 41.8 Å². The molecular weight excluding hydrogens is 468 g/mol. The fraction of sp³-hybridized carbons (Fsp3) is 0.214. The Kier molecular flexibility index (Phi) is 7.63. The predicted octanol–water partition coefficient (Wildman–Crippen LogP) is 5.46. The fourth-order valence-electron chi connectivity index (χ4n) is 4.15. The normalized spacial score (nSPS) is 14.9. The lowest BCUT2D eigenvalue weighted by molar-refractivity contribution is -0.141. The summed E-state index contributed by atoms with van der Waals surface area (Å²) in [7, 11) is 0. The van der Waals surface area contributed by atoms with Crippen molar-refractivity contribution in [3.05, 3.63) is 96.1 Å². The summed E-state index contributed by atoms with van der Waals surface area (Å²) in [5, 5.41) is 9.36. The SMILES string of the molecule is C=CCOc1cc(F)c(F)cc1-c1ccc(OCc2cccc(C(=O)N3CCC[C@H]3C(=O)O)c2)cc1. The number of carboxylic acid groups (broad SMARTS) is 1. The van der Waals surface area contributed by atoms with Crippen LogP contribution in [0.4, 0.5) is 8.78 Å². The van der Waals surface area contributed by atoms with Crippen LogP contribution in [0.3, 0.4) is 0 Å². The van der Waals surface area contributed by atoms with Crippen LogP contribution in [-0.4, -0.2) is 41.1 Å². The maximum atomic E-state index is 13.9. The molecule has 1 saturated heterocycles. The van der Waals surface area contributed by atoms with E-state index in [4.69, 9.17) is 9.47 Å². The lowest BCUT2D eigenvalue weighted by atomic mass is 10.0. The maximum Gasteiger partial charge on any atom is 0.326 e. The molecule has 0 aromatic heterocycles. The van der Waals surface area contributed by atoms with Crippen LogP contribution in [-0.2, 0) is 11.4 Å². The number of halogens is 2. The highest BCUT2D eigenvalue weighted by atomic mass is 19.2. The molecule has 0 saturated carbocycles. The second-order valence-corrected chi connectivity index (χ2v) is 8.37. The number of hydrogen-bond acceptors (Lipinski definition) is 4.